The first-order valence-corrected chi connectivity index (χ1v) is 12.2. The van der Waals surface area contributed by atoms with Gasteiger partial charge in [-0.05, 0) is 66.6 Å². The van der Waals surface area contributed by atoms with Crippen molar-refractivity contribution in [2.75, 3.05) is 13.7 Å². The molecule has 188 valence electrons. The summed E-state index contributed by atoms with van der Waals surface area (Å²) in [6, 6.07) is 24.8. The summed E-state index contributed by atoms with van der Waals surface area (Å²) in [5.41, 5.74) is 2.11. The molecular weight excluding hydrogens is 511 g/mol. The monoisotopic (exact) mass is 534 g/mol. The van der Waals surface area contributed by atoms with Crippen LogP contribution in [-0.2, 0) is 11.2 Å². The summed E-state index contributed by atoms with van der Waals surface area (Å²) in [5.74, 6) is 0.556. The fourth-order valence-electron chi connectivity index (χ4n) is 3.56. The Balaban J connectivity index is 1.56. The fraction of sp³-hybridized carbons (Fsp3) is 0.103. The number of amides is 2. The quantitative estimate of drug-likeness (QED) is 0.244. The van der Waals surface area contributed by atoms with Gasteiger partial charge in [0.05, 0.1) is 12.1 Å². The van der Waals surface area contributed by atoms with Crippen LogP contribution in [0.25, 0.3) is 17.4 Å². The molecule has 0 aliphatic rings. The summed E-state index contributed by atoms with van der Waals surface area (Å²) in [4.78, 5) is 26.0. The smallest absolute Gasteiger partial charge is 0.267 e. The predicted octanol–water partition coefficient (Wildman–Crippen LogP) is 6.39. The Kier molecular flexibility index (Phi) is 8.67. The lowest BCUT2D eigenvalue weighted by molar-refractivity contribution is -0.117. The predicted molar refractivity (Wildman–Crippen MR) is 146 cm³/mol. The highest BCUT2D eigenvalue weighted by atomic mass is 35.5. The van der Waals surface area contributed by atoms with Gasteiger partial charge in [0.15, 0.2) is 0 Å². The molecule has 0 unspecified atom stereocenters. The molecule has 37 heavy (non-hydrogen) atoms. The standard InChI is InChI=1S/C29H24Cl2N2O4/c1-36-22-10-7-20(8-11-22)28(34)33-26(29(35)32-16-15-19-5-3-2-4-6-19)18-23-12-14-27(37-23)24-17-21(30)9-13-25(24)31/h2-14,17-18H,15-16H2,1H3,(H,32,35)(H,33,34). The summed E-state index contributed by atoms with van der Waals surface area (Å²) in [6.45, 7) is 0.389. The highest BCUT2D eigenvalue weighted by molar-refractivity contribution is 6.35. The van der Waals surface area contributed by atoms with Gasteiger partial charge in [0.1, 0.15) is 23.0 Å². The molecule has 0 saturated carbocycles. The van der Waals surface area contributed by atoms with E-state index < -0.39 is 11.8 Å². The molecule has 0 aliphatic heterocycles. The third kappa shape index (κ3) is 7.03. The van der Waals surface area contributed by atoms with Crippen LogP contribution in [0.3, 0.4) is 0 Å². The summed E-state index contributed by atoms with van der Waals surface area (Å²) in [5, 5.41) is 6.54. The molecule has 0 atom stereocenters. The minimum absolute atomic E-state index is 0.0342. The largest absolute Gasteiger partial charge is 0.497 e. The number of carbonyl (C=O) groups is 2. The molecule has 0 aliphatic carbocycles. The fourth-order valence-corrected chi connectivity index (χ4v) is 3.94. The highest BCUT2D eigenvalue weighted by Crippen LogP contribution is 2.32. The van der Waals surface area contributed by atoms with Crippen molar-refractivity contribution in [3.8, 4) is 17.1 Å². The Morgan fingerprint density at radius 1 is 0.946 bits per heavy atom. The first-order valence-electron chi connectivity index (χ1n) is 11.5. The van der Waals surface area contributed by atoms with Crippen molar-refractivity contribution in [1.29, 1.82) is 0 Å². The zero-order chi connectivity index (χ0) is 26.2. The number of carbonyl (C=O) groups excluding carboxylic acids is 2. The van der Waals surface area contributed by atoms with E-state index in [4.69, 9.17) is 32.4 Å². The topological polar surface area (TPSA) is 80.6 Å². The zero-order valence-corrected chi connectivity index (χ0v) is 21.5. The van der Waals surface area contributed by atoms with E-state index in [1.165, 1.54) is 6.08 Å². The lowest BCUT2D eigenvalue weighted by Crippen LogP contribution is -2.35. The van der Waals surface area contributed by atoms with Crippen molar-refractivity contribution in [3.05, 3.63) is 118 Å². The molecule has 1 aromatic heterocycles. The minimum atomic E-state index is -0.448. The second-order valence-electron chi connectivity index (χ2n) is 8.06. The molecule has 1 heterocycles. The van der Waals surface area contributed by atoms with Crippen molar-refractivity contribution in [3.63, 3.8) is 0 Å². The summed E-state index contributed by atoms with van der Waals surface area (Å²) >= 11 is 12.4. The third-order valence-corrected chi connectivity index (χ3v) is 6.06. The molecule has 0 saturated heterocycles. The third-order valence-electron chi connectivity index (χ3n) is 5.49. The van der Waals surface area contributed by atoms with Crippen LogP contribution in [0.15, 0.2) is 95.0 Å². The SMILES string of the molecule is COc1ccc(C(=O)NC(=Cc2ccc(-c3cc(Cl)ccc3Cl)o2)C(=O)NCCc2ccccc2)cc1. The molecule has 0 spiro atoms. The van der Waals surface area contributed by atoms with Gasteiger partial charge in [0, 0.05) is 28.8 Å². The van der Waals surface area contributed by atoms with Gasteiger partial charge in [-0.15, -0.1) is 0 Å². The van der Waals surface area contributed by atoms with E-state index in [1.54, 1.807) is 61.7 Å². The second kappa shape index (κ2) is 12.3. The summed E-state index contributed by atoms with van der Waals surface area (Å²) < 4.78 is 11.1. The van der Waals surface area contributed by atoms with E-state index in [2.05, 4.69) is 10.6 Å². The lowest BCUT2D eigenvalue weighted by Gasteiger charge is -2.11. The molecule has 3 aromatic carbocycles. The number of halogens is 2. The average Bonchev–Trinajstić information content (AvgIpc) is 3.38. The maximum absolute atomic E-state index is 13.1. The molecule has 8 heteroatoms. The maximum Gasteiger partial charge on any atom is 0.267 e. The van der Waals surface area contributed by atoms with Crippen LogP contribution >= 0.6 is 23.2 Å². The van der Waals surface area contributed by atoms with E-state index in [9.17, 15) is 9.59 Å². The molecule has 6 nitrogen and oxygen atoms in total. The van der Waals surface area contributed by atoms with E-state index in [0.717, 1.165) is 5.56 Å². The highest BCUT2D eigenvalue weighted by Gasteiger charge is 2.16. The van der Waals surface area contributed by atoms with Crippen LogP contribution in [0.4, 0.5) is 0 Å². The second-order valence-corrected chi connectivity index (χ2v) is 8.90. The number of furan rings is 1. The Morgan fingerprint density at radius 3 is 2.43 bits per heavy atom. The number of rotatable bonds is 9. The van der Waals surface area contributed by atoms with Gasteiger partial charge in [-0.2, -0.15) is 0 Å². The van der Waals surface area contributed by atoms with Gasteiger partial charge in [-0.3, -0.25) is 9.59 Å². The number of hydrogen-bond acceptors (Lipinski definition) is 4. The van der Waals surface area contributed by atoms with Gasteiger partial charge >= 0.3 is 0 Å². The van der Waals surface area contributed by atoms with Crippen molar-refractivity contribution < 1.29 is 18.7 Å². The number of ether oxygens (including phenoxy) is 1. The number of methoxy groups -OCH3 is 1. The lowest BCUT2D eigenvalue weighted by atomic mass is 10.1. The van der Waals surface area contributed by atoms with Crippen molar-refractivity contribution >= 4 is 41.1 Å². The van der Waals surface area contributed by atoms with Crippen molar-refractivity contribution in [2.45, 2.75) is 6.42 Å². The molecule has 0 bridgehead atoms. The van der Waals surface area contributed by atoms with Crippen LogP contribution in [0.1, 0.15) is 21.7 Å². The van der Waals surface area contributed by atoms with E-state index in [1.807, 2.05) is 30.3 Å². The Labute approximate surface area is 224 Å². The van der Waals surface area contributed by atoms with E-state index >= 15 is 0 Å². The maximum atomic E-state index is 13.1. The van der Waals surface area contributed by atoms with Crippen LogP contribution in [0, 0.1) is 0 Å². The molecule has 0 fully saturated rings. The Hall–Kier alpha value is -4.00. The Bertz CT molecular complexity index is 1410. The number of nitrogens with one attached hydrogen (secondary N) is 2. The summed E-state index contributed by atoms with van der Waals surface area (Å²) in [7, 11) is 1.55. The molecule has 2 amide bonds. The van der Waals surface area contributed by atoms with Gasteiger partial charge in [-0.25, -0.2) is 0 Å². The normalized spacial score (nSPS) is 11.2. The molecule has 4 aromatic rings. The van der Waals surface area contributed by atoms with Gasteiger partial charge in [0.25, 0.3) is 11.8 Å². The molecule has 0 radical (unpaired) electrons. The van der Waals surface area contributed by atoms with Gasteiger partial charge in [-0.1, -0.05) is 53.5 Å². The van der Waals surface area contributed by atoms with Gasteiger partial charge < -0.3 is 19.8 Å². The number of hydrogen-bond donors (Lipinski definition) is 2. The van der Waals surface area contributed by atoms with Crippen LogP contribution in [-0.4, -0.2) is 25.5 Å². The van der Waals surface area contributed by atoms with E-state index in [-0.39, 0.29) is 5.70 Å². The van der Waals surface area contributed by atoms with Crippen LogP contribution in [0.2, 0.25) is 10.0 Å². The zero-order valence-electron chi connectivity index (χ0n) is 20.0. The summed E-state index contributed by atoms with van der Waals surface area (Å²) in [6.07, 6.45) is 2.12. The van der Waals surface area contributed by atoms with Crippen molar-refractivity contribution in [2.24, 2.45) is 0 Å². The minimum Gasteiger partial charge on any atom is -0.497 e. The Morgan fingerprint density at radius 2 is 1.70 bits per heavy atom. The first kappa shape index (κ1) is 26.1. The van der Waals surface area contributed by atoms with Gasteiger partial charge in [0.2, 0.25) is 0 Å². The van der Waals surface area contributed by atoms with E-state index in [0.29, 0.717) is 51.4 Å². The molecule has 4 rings (SSSR count). The first-order chi connectivity index (χ1) is 17.9. The average molecular weight is 535 g/mol. The molecular formula is C29H24Cl2N2O4. The van der Waals surface area contributed by atoms with Crippen LogP contribution in [0.5, 0.6) is 5.75 Å². The number of benzene rings is 3. The molecule has 2 N–H and O–H groups in total. The van der Waals surface area contributed by atoms with Crippen LogP contribution < -0.4 is 15.4 Å². The van der Waals surface area contributed by atoms with Crippen molar-refractivity contribution in [1.82, 2.24) is 10.6 Å².